The molecule has 25 heavy (non-hydrogen) atoms. The molecule has 1 aromatic heterocycles. The average molecular weight is 362 g/mol. The van der Waals surface area contributed by atoms with E-state index in [4.69, 9.17) is 10.5 Å². The molecule has 0 aliphatic rings. The Morgan fingerprint density at radius 3 is 2.48 bits per heavy atom. The SMILES string of the molecule is C[C@H](OC(=O)/C(=C/c1ccc(F)cc1)c1cccs1)C(=O)NC(N)=O. The van der Waals surface area contributed by atoms with E-state index in [1.54, 1.807) is 17.5 Å². The van der Waals surface area contributed by atoms with E-state index in [2.05, 4.69) is 0 Å². The number of amides is 3. The summed E-state index contributed by atoms with van der Waals surface area (Å²) in [6.45, 7) is 1.32. The highest BCUT2D eigenvalue weighted by molar-refractivity contribution is 7.11. The van der Waals surface area contributed by atoms with Gasteiger partial charge in [-0.25, -0.2) is 14.0 Å². The number of imide groups is 1. The molecule has 0 fully saturated rings. The van der Waals surface area contributed by atoms with Gasteiger partial charge in [0, 0.05) is 4.88 Å². The molecule has 0 spiro atoms. The predicted octanol–water partition coefficient (Wildman–Crippen LogP) is 2.55. The number of benzene rings is 1. The van der Waals surface area contributed by atoms with Gasteiger partial charge in [-0.3, -0.25) is 10.1 Å². The summed E-state index contributed by atoms with van der Waals surface area (Å²) in [6.07, 6.45) is 0.323. The Bertz CT molecular complexity index is 801. The van der Waals surface area contributed by atoms with Crippen LogP contribution >= 0.6 is 11.3 Å². The standard InChI is InChI=1S/C17H15FN2O4S/c1-10(15(21)20-17(19)23)24-16(22)13(14-3-2-8-25-14)9-11-4-6-12(18)7-5-11/h2-10H,1H3,(H3,19,20,21,23)/b13-9+/t10-/m0/s1. The van der Waals surface area contributed by atoms with Gasteiger partial charge in [0.05, 0.1) is 5.57 Å². The van der Waals surface area contributed by atoms with Gasteiger partial charge in [0.2, 0.25) is 0 Å². The second-order valence-electron chi connectivity index (χ2n) is 4.99. The molecule has 2 rings (SSSR count). The molecular weight excluding hydrogens is 347 g/mol. The van der Waals surface area contributed by atoms with E-state index in [-0.39, 0.29) is 5.57 Å². The van der Waals surface area contributed by atoms with E-state index in [9.17, 15) is 18.8 Å². The zero-order valence-electron chi connectivity index (χ0n) is 13.2. The first kappa shape index (κ1) is 18.3. The largest absolute Gasteiger partial charge is 0.449 e. The third-order valence-corrected chi connectivity index (χ3v) is 3.99. The molecular formula is C17H15FN2O4S. The van der Waals surface area contributed by atoms with Crippen molar-refractivity contribution in [2.75, 3.05) is 0 Å². The number of hydrogen-bond acceptors (Lipinski definition) is 5. The van der Waals surface area contributed by atoms with E-state index < -0.39 is 29.8 Å². The van der Waals surface area contributed by atoms with Gasteiger partial charge in [-0.2, -0.15) is 0 Å². The molecule has 0 radical (unpaired) electrons. The van der Waals surface area contributed by atoms with Crippen LogP contribution in [0.4, 0.5) is 9.18 Å². The summed E-state index contributed by atoms with van der Waals surface area (Å²) in [5.74, 6) is -1.97. The molecule has 1 heterocycles. The normalized spacial score (nSPS) is 12.3. The first-order valence-electron chi connectivity index (χ1n) is 7.19. The molecule has 1 aromatic carbocycles. The fraction of sp³-hybridized carbons (Fsp3) is 0.118. The van der Waals surface area contributed by atoms with E-state index in [1.165, 1.54) is 48.6 Å². The van der Waals surface area contributed by atoms with Crippen molar-refractivity contribution < 1.29 is 23.5 Å². The van der Waals surface area contributed by atoms with Crippen LogP contribution < -0.4 is 11.1 Å². The number of rotatable bonds is 5. The molecule has 0 aliphatic heterocycles. The fourth-order valence-corrected chi connectivity index (χ4v) is 2.62. The molecule has 1 atom stereocenters. The lowest BCUT2D eigenvalue weighted by Crippen LogP contribution is -2.42. The summed E-state index contributed by atoms with van der Waals surface area (Å²) in [5.41, 5.74) is 5.66. The number of ether oxygens (including phenoxy) is 1. The number of nitrogens with one attached hydrogen (secondary N) is 1. The van der Waals surface area contributed by atoms with Crippen LogP contribution in [0.25, 0.3) is 11.6 Å². The van der Waals surface area contributed by atoms with Gasteiger partial charge in [0.15, 0.2) is 6.10 Å². The minimum Gasteiger partial charge on any atom is -0.449 e. The van der Waals surface area contributed by atoms with E-state index in [0.29, 0.717) is 10.4 Å². The van der Waals surface area contributed by atoms with Gasteiger partial charge < -0.3 is 10.5 Å². The smallest absolute Gasteiger partial charge is 0.340 e. The summed E-state index contributed by atoms with van der Waals surface area (Å²) < 4.78 is 18.1. The number of urea groups is 1. The van der Waals surface area contributed by atoms with Gasteiger partial charge >= 0.3 is 12.0 Å². The van der Waals surface area contributed by atoms with Crippen LogP contribution in [-0.4, -0.2) is 24.0 Å². The van der Waals surface area contributed by atoms with Crippen LogP contribution in [0, 0.1) is 5.82 Å². The number of carbonyl (C=O) groups excluding carboxylic acids is 3. The minimum absolute atomic E-state index is 0.209. The van der Waals surface area contributed by atoms with Crippen LogP contribution in [-0.2, 0) is 14.3 Å². The summed E-state index contributed by atoms with van der Waals surface area (Å²) in [7, 11) is 0. The Morgan fingerprint density at radius 1 is 1.24 bits per heavy atom. The van der Waals surface area contributed by atoms with E-state index >= 15 is 0 Å². The number of halogens is 1. The second-order valence-corrected chi connectivity index (χ2v) is 5.94. The monoisotopic (exact) mass is 362 g/mol. The first-order valence-corrected chi connectivity index (χ1v) is 8.07. The van der Waals surface area contributed by atoms with Crippen LogP contribution in [0.3, 0.4) is 0 Å². The van der Waals surface area contributed by atoms with Crippen molar-refractivity contribution in [3.63, 3.8) is 0 Å². The van der Waals surface area contributed by atoms with Crippen molar-refractivity contribution in [3.05, 3.63) is 58.0 Å². The lowest BCUT2D eigenvalue weighted by Gasteiger charge is -2.13. The maximum absolute atomic E-state index is 13.0. The number of hydrogen-bond donors (Lipinski definition) is 2. The second kappa shape index (κ2) is 8.20. The van der Waals surface area contributed by atoms with Gasteiger partial charge in [-0.05, 0) is 42.1 Å². The summed E-state index contributed by atoms with van der Waals surface area (Å²) in [4.78, 5) is 35.4. The summed E-state index contributed by atoms with van der Waals surface area (Å²) >= 11 is 1.31. The third-order valence-electron chi connectivity index (χ3n) is 3.09. The van der Waals surface area contributed by atoms with Crippen molar-refractivity contribution in [1.29, 1.82) is 0 Å². The van der Waals surface area contributed by atoms with E-state index in [1.807, 2.05) is 5.32 Å². The lowest BCUT2D eigenvalue weighted by molar-refractivity contribution is -0.148. The van der Waals surface area contributed by atoms with Crippen LogP contribution in [0.2, 0.25) is 0 Å². The van der Waals surface area contributed by atoms with Crippen molar-refractivity contribution in [2.24, 2.45) is 5.73 Å². The van der Waals surface area contributed by atoms with Gasteiger partial charge in [-0.15, -0.1) is 11.3 Å². The summed E-state index contributed by atoms with van der Waals surface area (Å²) in [6, 6.07) is 8.01. The van der Waals surface area contributed by atoms with Crippen molar-refractivity contribution >= 4 is 40.9 Å². The molecule has 8 heteroatoms. The fourth-order valence-electron chi connectivity index (χ4n) is 1.89. The highest BCUT2D eigenvalue weighted by atomic mass is 32.1. The molecule has 2 aromatic rings. The molecule has 0 aliphatic carbocycles. The minimum atomic E-state index is -1.21. The quantitative estimate of drug-likeness (QED) is 0.631. The number of primary amides is 1. The van der Waals surface area contributed by atoms with Gasteiger partial charge in [0.1, 0.15) is 5.82 Å². The van der Waals surface area contributed by atoms with Crippen LogP contribution in [0.5, 0.6) is 0 Å². The van der Waals surface area contributed by atoms with Crippen molar-refractivity contribution in [3.8, 4) is 0 Å². The van der Waals surface area contributed by atoms with Gasteiger partial charge in [0.25, 0.3) is 5.91 Å². The molecule has 130 valence electrons. The zero-order valence-corrected chi connectivity index (χ0v) is 14.0. The predicted molar refractivity (Wildman–Crippen MR) is 91.9 cm³/mol. The molecule has 0 unspecified atom stereocenters. The first-order chi connectivity index (χ1) is 11.9. The van der Waals surface area contributed by atoms with Crippen molar-refractivity contribution in [1.82, 2.24) is 5.32 Å². The van der Waals surface area contributed by atoms with Crippen molar-refractivity contribution in [2.45, 2.75) is 13.0 Å². The summed E-state index contributed by atoms with van der Waals surface area (Å²) in [5, 5.41) is 3.62. The molecule has 3 N–H and O–H groups in total. The molecule has 0 bridgehead atoms. The Hall–Kier alpha value is -3.00. The molecule has 0 saturated carbocycles. The molecule has 6 nitrogen and oxygen atoms in total. The maximum atomic E-state index is 13.0. The Balaban J connectivity index is 2.24. The number of thiophene rings is 1. The van der Waals surface area contributed by atoms with Crippen LogP contribution in [0.15, 0.2) is 41.8 Å². The third kappa shape index (κ3) is 5.25. The maximum Gasteiger partial charge on any atom is 0.340 e. The Morgan fingerprint density at radius 2 is 1.92 bits per heavy atom. The number of nitrogens with two attached hydrogens (primary N) is 1. The Kier molecular flexibility index (Phi) is 6.02. The lowest BCUT2D eigenvalue weighted by atomic mass is 10.1. The van der Waals surface area contributed by atoms with E-state index in [0.717, 1.165) is 0 Å². The average Bonchev–Trinajstić information content (AvgIpc) is 3.07. The number of esters is 1. The highest BCUT2D eigenvalue weighted by Gasteiger charge is 2.22. The molecule has 0 saturated heterocycles. The highest BCUT2D eigenvalue weighted by Crippen LogP contribution is 2.25. The number of carbonyl (C=O) groups is 3. The Labute approximate surface area is 147 Å². The molecule has 3 amide bonds. The topological polar surface area (TPSA) is 98.5 Å². The van der Waals surface area contributed by atoms with Gasteiger partial charge in [-0.1, -0.05) is 18.2 Å². The zero-order chi connectivity index (χ0) is 18.4. The van der Waals surface area contributed by atoms with Crippen LogP contribution in [0.1, 0.15) is 17.4 Å².